The lowest BCUT2D eigenvalue weighted by Gasteiger charge is -2.11. The third-order valence-corrected chi connectivity index (χ3v) is 3.84. The monoisotopic (exact) mass is 420 g/mol. The predicted molar refractivity (Wildman–Crippen MR) is 116 cm³/mol. The summed E-state index contributed by atoms with van der Waals surface area (Å²) in [6.07, 6.45) is 1.60. The maximum absolute atomic E-state index is 12.1. The molecule has 0 aliphatic carbocycles. The lowest BCUT2D eigenvalue weighted by atomic mass is 10.2. The Bertz CT molecular complexity index is 861. The van der Waals surface area contributed by atoms with E-state index < -0.39 is 0 Å². The van der Waals surface area contributed by atoms with Crippen molar-refractivity contribution in [2.75, 3.05) is 25.6 Å². The zero-order chi connectivity index (χ0) is 20.4. The summed E-state index contributed by atoms with van der Waals surface area (Å²) < 4.78 is 10.9. The van der Waals surface area contributed by atoms with E-state index in [4.69, 9.17) is 33.3 Å². The summed E-state index contributed by atoms with van der Waals surface area (Å²) in [6.45, 7) is 2.48. The molecule has 0 atom stereocenters. The second kappa shape index (κ2) is 11.1. The van der Waals surface area contributed by atoms with Crippen molar-refractivity contribution in [1.82, 2.24) is 10.7 Å². The fraction of sp³-hybridized carbons (Fsp3) is 0.211. The first-order chi connectivity index (χ1) is 13.5. The van der Waals surface area contributed by atoms with Crippen LogP contribution in [-0.2, 0) is 4.79 Å². The Morgan fingerprint density at radius 2 is 2.07 bits per heavy atom. The number of carbonyl (C=O) groups is 1. The molecular weight excluding hydrogens is 400 g/mol. The molecule has 0 aliphatic rings. The Balaban J connectivity index is 1.93. The fourth-order valence-electron chi connectivity index (χ4n) is 2.16. The number of anilines is 1. The van der Waals surface area contributed by atoms with Crippen molar-refractivity contribution in [2.24, 2.45) is 5.10 Å². The summed E-state index contributed by atoms with van der Waals surface area (Å²) in [6, 6.07) is 12.1. The SMILES string of the molecule is CCNC(=S)N/N=C/c1ccc(OCC(=O)Nc2cccc(Cl)c2)c(OC)c1. The lowest BCUT2D eigenvalue weighted by molar-refractivity contribution is -0.118. The Kier molecular flexibility index (Phi) is 8.51. The molecule has 0 radical (unpaired) electrons. The van der Waals surface area contributed by atoms with Gasteiger partial charge in [0.15, 0.2) is 23.2 Å². The Hall–Kier alpha value is -2.84. The van der Waals surface area contributed by atoms with Crippen molar-refractivity contribution in [1.29, 1.82) is 0 Å². The molecule has 0 aromatic heterocycles. The third-order valence-electron chi connectivity index (χ3n) is 3.37. The van der Waals surface area contributed by atoms with Crippen LogP contribution in [0.1, 0.15) is 12.5 Å². The van der Waals surface area contributed by atoms with Crippen molar-refractivity contribution in [3.63, 3.8) is 0 Å². The average molecular weight is 421 g/mol. The van der Waals surface area contributed by atoms with Gasteiger partial charge in [0, 0.05) is 17.3 Å². The molecule has 0 heterocycles. The lowest BCUT2D eigenvalue weighted by Crippen LogP contribution is -2.31. The minimum atomic E-state index is -0.309. The van der Waals surface area contributed by atoms with E-state index in [1.165, 1.54) is 7.11 Å². The summed E-state index contributed by atoms with van der Waals surface area (Å²) in [4.78, 5) is 12.1. The number of rotatable bonds is 8. The highest BCUT2D eigenvalue weighted by molar-refractivity contribution is 7.80. The van der Waals surface area contributed by atoms with Crippen LogP contribution in [0, 0.1) is 0 Å². The van der Waals surface area contributed by atoms with Crippen LogP contribution in [0.15, 0.2) is 47.6 Å². The van der Waals surface area contributed by atoms with E-state index in [-0.39, 0.29) is 12.5 Å². The molecule has 0 saturated heterocycles. The van der Waals surface area contributed by atoms with E-state index in [9.17, 15) is 4.79 Å². The summed E-state index contributed by atoms with van der Waals surface area (Å²) in [5.74, 6) is 0.613. The Morgan fingerprint density at radius 3 is 2.79 bits per heavy atom. The molecule has 0 fully saturated rings. The first-order valence-electron chi connectivity index (χ1n) is 8.45. The molecule has 2 aromatic carbocycles. The van der Waals surface area contributed by atoms with Gasteiger partial charge >= 0.3 is 0 Å². The van der Waals surface area contributed by atoms with E-state index in [1.807, 2.05) is 6.92 Å². The molecule has 0 saturated carbocycles. The molecule has 2 rings (SSSR count). The number of carbonyl (C=O) groups excluding carboxylic acids is 1. The standard InChI is InChI=1S/C19H21ClN4O3S/c1-3-21-19(28)24-22-11-13-7-8-16(17(9-13)26-2)27-12-18(25)23-15-6-4-5-14(20)10-15/h4-11H,3,12H2,1-2H3,(H,23,25)(H2,21,24,28)/b22-11+. The molecule has 28 heavy (non-hydrogen) atoms. The van der Waals surface area contributed by atoms with Crippen LogP contribution in [0.2, 0.25) is 5.02 Å². The van der Waals surface area contributed by atoms with Crippen LogP contribution < -0.4 is 25.5 Å². The number of benzene rings is 2. The van der Waals surface area contributed by atoms with Gasteiger partial charge < -0.3 is 20.1 Å². The molecule has 0 spiro atoms. The number of hydrogen-bond acceptors (Lipinski definition) is 5. The van der Waals surface area contributed by atoms with Gasteiger partial charge in [0.05, 0.1) is 13.3 Å². The Labute approximate surface area is 174 Å². The number of halogens is 1. The van der Waals surface area contributed by atoms with Gasteiger partial charge in [-0.25, -0.2) is 0 Å². The molecule has 9 heteroatoms. The molecule has 0 bridgehead atoms. The van der Waals surface area contributed by atoms with Crippen LogP contribution in [0.3, 0.4) is 0 Å². The van der Waals surface area contributed by atoms with Gasteiger partial charge in [0.1, 0.15) is 0 Å². The van der Waals surface area contributed by atoms with E-state index in [1.54, 1.807) is 48.7 Å². The van der Waals surface area contributed by atoms with E-state index in [0.717, 1.165) is 5.56 Å². The fourth-order valence-corrected chi connectivity index (χ4v) is 2.54. The molecule has 148 valence electrons. The molecule has 3 N–H and O–H groups in total. The summed E-state index contributed by atoms with van der Waals surface area (Å²) in [5, 5.41) is 10.7. The topological polar surface area (TPSA) is 84.0 Å². The van der Waals surface area contributed by atoms with Gasteiger partial charge in [0.2, 0.25) is 0 Å². The van der Waals surface area contributed by atoms with Gasteiger partial charge in [-0.05, 0) is 61.1 Å². The molecule has 2 aromatic rings. The van der Waals surface area contributed by atoms with Crippen molar-refractivity contribution in [2.45, 2.75) is 6.92 Å². The molecule has 1 amide bonds. The molecule has 7 nitrogen and oxygen atoms in total. The van der Waals surface area contributed by atoms with E-state index in [2.05, 4.69) is 21.2 Å². The van der Waals surface area contributed by atoms with Gasteiger partial charge in [-0.1, -0.05) is 17.7 Å². The van der Waals surface area contributed by atoms with Crippen molar-refractivity contribution in [3.05, 3.63) is 53.1 Å². The highest BCUT2D eigenvalue weighted by atomic mass is 35.5. The number of hydrogen-bond donors (Lipinski definition) is 3. The minimum absolute atomic E-state index is 0.172. The largest absolute Gasteiger partial charge is 0.493 e. The number of ether oxygens (including phenoxy) is 2. The average Bonchev–Trinajstić information content (AvgIpc) is 2.67. The third kappa shape index (κ3) is 7.05. The number of thiocarbonyl (C=S) groups is 1. The maximum Gasteiger partial charge on any atom is 0.262 e. The van der Waals surface area contributed by atoms with Crippen LogP contribution in [0.4, 0.5) is 5.69 Å². The van der Waals surface area contributed by atoms with Crippen molar-refractivity contribution in [3.8, 4) is 11.5 Å². The number of methoxy groups -OCH3 is 1. The van der Waals surface area contributed by atoms with Gasteiger partial charge in [-0.15, -0.1) is 0 Å². The van der Waals surface area contributed by atoms with Crippen LogP contribution in [0.25, 0.3) is 0 Å². The zero-order valence-corrected chi connectivity index (χ0v) is 17.1. The quantitative estimate of drug-likeness (QED) is 0.345. The van der Waals surface area contributed by atoms with Crippen LogP contribution in [-0.4, -0.2) is 37.5 Å². The second-order valence-electron chi connectivity index (χ2n) is 5.49. The predicted octanol–water partition coefficient (Wildman–Crippen LogP) is 3.18. The van der Waals surface area contributed by atoms with Crippen LogP contribution >= 0.6 is 23.8 Å². The van der Waals surface area contributed by atoms with E-state index in [0.29, 0.717) is 33.9 Å². The number of nitrogens with one attached hydrogen (secondary N) is 3. The summed E-state index contributed by atoms with van der Waals surface area (Å²) in [7, 11) is 1.52. The maximum atomic E-state index is 12.1. The van der Waals surface area contributed by atoms with Gasteiger partial charge in [0.25, 0.3) is 5.91 Å². The van der Waals surface area contributed by atoms with E-state index >= 15 is 0 Å². The van der Waals surface area contributed by atoms with Gasteiger partial charge in [-0.2, -0.15) is 5.10 Å². The van der Waals surface area contributed by atoms with Crippen molar-refractivity contribution < 1.29 is 14.3 Å². The first kappa shape index (κ1) is 21.5. The van der Waals surface area contributed by atoms with Crippen LogP contribution in [0.5, 0.6) is 11.5 Å². The van der Waals surface area contributed by atoms with Gasteiger partial charge in [-0.3, -0.25) is 10.2 Å². The minimum Gasteiger partial charge on any atom is -0.493 e. The highest BCUT2D eigenvalue weighted by Crippen LogP contribution is 2.27. The normalized spacial score (nSPS) is 10.4. The first-order valence-corrected chi connectivity index (χ1v) is 9.23. The smallest absolute Gasteiger partial charge is 0.262 e. The number of nitrogens with zero attached hydrogens (tertiary/aromatic N) is 1. The zero-order valence-electron chi connectivity index (χ0n) is 15.5. The summed E-state index contributed by atoms with van der Waals surface area (Å²) in [5.41, 5.74) is 4.08. The number of hydrazone groups is 1. The summed E-state index contributed by atoms with van der Waals surface area (Å²) >= 11 is 10.9. The Morgan fingerprint density at radius 1 is 1.25 bits per heavy atom. The van der Waals surface area contributed by atoms with Crippen molar-refractivity contribution >= 4 is 46.7 Å². The molecular formula is C19H21ClN4O3S. The highest BCUT2D eigenvalue weighted by Gasteiger charge is 2.09. The second-order valence-corrected chi connectivity index (χ2v) is 6.33. The molecule has 0 unspecified atom stereocenters. The number of amides is 1. The molecule has 0 aliphatic heterocycles.